The number of hydrogen-bond acceptors (Lipinski definition) is 1. The van der Waals surface area contributed by atoms with Gasteiger partial charge in [-0.25, -0.2) is 8.78 Å². The minimum Gasteiger partial charge on any atom is -0.490 e. The molecule has 5 rings (SSSR count). The van der Waals surface area contributed by atoms with Gasteiger partial charge in [0.1, 0.15) is 5.82 Å². The normalized spacial score (nSPS) is 22.1. The Hall–Kier alpha value is -3.01. The molecule has 0 atom stereocenters. The van der Waals surface area contributed by atoms with Crippen LogP contribution in [0.2, 0.25) is 0 Å². The van der Waals surface area contributed by atoms with Crippen LogP contribution in [-0.2, 0) is 0 Å². The molecule has 0 saturated heterocycles. The first-order valence-corrected chi connectivity index (χ1v) is 17.1. The summed E-state index contributed by atoms with van der Waals surface area (Å²) in [7, 11) is 0. The molecular formula is C40H49F3O. The molecule has 0 bridgehead atoms. The van der Waals surface area contributed by atoms with Crippen LogP contribution in [-0.4, -0.2) is 6.61 Å². The summed E-state index contributed by atoms with van der Waals surface area (Å²) < 4.78 is 50.6. The predicted molar refractivity (Wildman–Crippen MR) is 176 cm³/mol. The number of hydrogen-bond donors (Lipinski definition) is 0. The van der Waals surface area contributed by atoms with E-state index >= 15 is 4.39 Å². The fourth-order valence-corrected chi connectivity index (χ4v) is 7.65. The molecule has 0 heterocycles. The molecule has 3 aromatic carbocycles. The molecule has 0 amide bonds. The van der Waals surface area contributed by atoms with Crippen molar-refractivity contribution >= 4 is 0 Å². The van der Waals surface area contributed by atoms with Gasteiger partial charge in [0.05, 0.1) is 6.61 Å². The standard InChI is InChI=1S/C40H49F3O/c1-3-5-7-8-26-44-38-25-24-36(39(42)40(38)43)33-20-18-32(19-21-33)35-23-22-34(27-37(35)41)31-16-14-30(15-17-31)29-12-10-28(11-13-29)9-6-4-2/h4,18-25,27-31H,2-3,5-17,26H2,1H3. The maximum Gasteiger partial charge on any atom is 0.201 e. The van der Waals surface area contributed by atoms with Crippen molar-refractivity contribution in [3.05, 3.63) is 90.3 Å². The molecule has 0 spiro atoms. The summed E-state index contributed by atoms with van der Waals surface area (Å²) in [5.74, 6) is 0.821. The van der Waals surface area contributed by atoms with Crippen molar-refractivity contribution in [2.75, 3.05) is 6.61 Å². The third-order valence-electron chi connectivity index (χ3n) is 10.4. The first-order valence-electron chi connectivity index (χ1n) is 17.1. The van der Waals surface area contributed by atoms with Crippen molar-refractivity contribution in [1.29, 1.82) is 0 Å². The summed E-state index contributed by atoms with van der Waals surface area (Å²) in [6.07, 6.45) is 18.8. The van der Waals surface area contributed by atoms with E-state index in [1.807, 2.05) is 6.07 Å². The highest BCUT2D eigenvalue weighted by molar-refractivity contribution is 5.71. The fraction of sp³-hybridized carbons (Fsp3) is 0.500. The Labute approximate surface area is 262 Å². The molecule has 0 radical (unpaired) electrons. The second kappa shape index (κ2) is 15.8. The molecule has 2 fully saturated rings. The SMILES string of the molecule is C=CCCC1CCC(C2CCC(c3ccc(-c4ccc(-c5ccc(OCCCCCC)c(F)c5F)cc4)c(F)c3)CC2)CC1. The summed E-state index contributed by atoms with van der Waals surface area (Å²) in [6.45, 7) is 6.37. The van der Waals surface area contributed by atoms with Crippen LogP contribution in [0.3, 0.4) is 0 Å². The van der Waals surface area contributed by atoms with E-state index in [4.69, 9.17) is 4.74 Å². The minimum atomic E-state index is -0.968. The zero-order valence-electron chi connectivity index (χ0n) is 26.4. The van der Waals surface area contributed by atoms with E-state index in [1.54, 1.807) is 36.4 Å². The number of halogens is 3. The molecule has 3 aromatic rings. The lowest BCUT2D eigenvalue weighted by Gasteiger charge is -2.38. The molecule has 236 valence electrons. The van der Waals surface area contributed by atoms with Gasteiger partial charge in [0.2, 0.25) is 5.82 Å². The second-order valence-corrected chi connectivity index (χ2v) is 13.2. The van der Waals surface area contributed by atoms with E-state index in [0.717, 1.165) is 73.8 Å². The molecule has 0 unspecified atom stereocenters. The van der Waals surface area contributed by atoms with Crippen LogP contribution in [0, 0.1) is 35.2 Å². The Morgan fingerprint density at radius 1 is 0.727 bits per heavy atom. The smallest absolute Gasteiger partial charge is 0.201 e. The van der Waals surface area contributed by atoms with E-state index in [-0.39, 0.29) is 17.1 Å². The maximum absolute atomic E-state index is 15.4. The Morgan fingerprint density at radius 2 is 1.36 bits per heavy atom. The summed E-state index contributed by atoms with van der Waals surface area (Å²) in [5.41, 5.74) is 3.05. The number of ether oxygens (including phenoxy) is 1. The first kappa shape index (κ1) is 32.4. The Bertz CT molecular complexity index is 1350. The van der Waals surface area contributed by atoms with Gasteiger partial charge in [-0.3, -0.25) is 0 Å². The molecule has 1 nitrogen and oxygen atoms in total. The quantitative estimate of drug-likeness (QED) is 0.140. The van der Waals surface area contributed by atoms with E-state index in [0.29, 0.717) is 23.7 Å². The second-order valence-electron chi connectivity index (χ2n) is 13.2. The molecule has 44 heavy (non-hydrogen) atoms. The summed E-state index contributed by atoms with van der Waals surface area (Å²) >= 11 is 0. The predicted octanol–water partition coefficient (Wildman–Crippen LogP) is 12.4. The first-order chi connectivity index (χ1) is 21.5. The summed E-state index contributed by atoms with van der Waals surface area (Å²) in [4.78, 5) is 0. The monoisotopic (exact) mass is 602 g/mol. The Morgan fingerprint density at radius 3 is 2.00 bits per heavy atom. The highest BCUT2D eigenvalue weighted by atomic mass is 19.2. The average Bonchev–Trinajstić information content (AvgIpc) is 3.06. The van der Waals surface area contributed by atoms with Gasteiger partial charge in [-0.2, -0.15) is 4.39 Å². The lowest BCUT2D eigenvalue weighted by Crippen LogP contribution is -2.25. The third kappa shape index (κ3) is 7.98. The lowest BCUT2D eigenvalue weighted by molar-refractivity contribution is 0.157. The van der Waals surface area contributed by atoms with E-state index in [9.17, 15) is 8.78 Å². The molecule has 0 aromatic heterocycles. The molecule has 2 saturated carbocycles. The zero-order chi connectivity index (χ0) is 30.9. The van der Waals surface area contributed by atoms with Crippen LogP contribution in [0.1, 0.15) is 108 Å². The van der Waals surface area contributed by atoms with Crippen LogP contribution < -0.4 is 4.74 Å². The highest BCUT2D eigenvalue weighted by Gasteiger charge is 2.31. The molecule has 2 aliphatic rings. The maximum atomic E-state index is 15.4. The van der Waals surface area contributed by atoms with Crippen molar-refractivity contribution < 1.29 is 17.9 Å². The van der Waals surface area contributed by atoms with Crippen molar-refractivity contribution in [3.8, 4) is 28.0 Å². The van der Waals surface area contributed by atoms with E-state index in [1.165, 1.54) is 51.0 Å². The van der Waals surface area contributed by atoms with Crippen molar-refractivity contribution in [3.63, 3.8) is 0 Å². The lowest BCUT2D eigenvalue weighted by atomic mass is 9.68. The molecule has 2 aliphatic carbocycles. The number of unbranched alkanes of at least 4 members (excludes halogenated alkanes) is 3. The highest BCUT2D eigenvalue weighted by Crippen LogP contribution is 2.45. The van der Waals surface area contributed by atoms with Crippen LogP contribution in [0.25, 0.3) is 22.3 Å². The van der Waals surface area contributed by atoms with Gasteiger partial charge in [0.25, 0.3) is 0 Å². The van der Waals surface area contributed by atoms with Gasteiger partial charge in [-0.1, -0.05) is 81.5 Å². The average molecular weight is 603 g/mol. The molecule has 0 N–H and O–H groups in total. The number of benzene rings is 3. The Balaban J connectivity index is 1.16. The molecule has 4 heteroatoms. The fourth-order valence-electron chi connectivity index (χ4n) is 7.65. The van der Waals surface area contributed by atoms with E-state index < -0.39 is 11.6 Å². The van der Waals surface area contributed by atoms with Gasteiger partial charge in [0.15, 0.2) is 11.6 Å². The van der Waals surface area contributed by atoms with Crippen LogP contribution >= 0.6 is 0 Å². The summed E-state index contributed by atoms with van der Waals surface area (Å²) in [5, 5.41) is 0. The number of rotatable bonds is 13. The zero-order valence-corrected chi connectivity index (χ0v) is 26.4. The minimum absolute atomic E-state index is 0.0583. The van der Waals surface area contributed by atoms with Crippen LogP contribution in [0.5, 0.6) is 5.75 Å². The van der Waals surface area contributed by atoms with Crippen molar-refractivity contribution in [2.45, 2.75) is 103 Å². The topological polar surface area (TPSA) is 9.23 Å². The molecule has 0 aliphatic heterocycles. The van der Waals surface area contributed by atoms with Crippen LogP contribution in [0.4, 0.5) is 13.2 Å². The van der Waals surface area contributed by atoms with Crippen LogP contribution in [0.15, 0.2) is 67.3 Å². The van der Waals surface area contributed by atoms with Crippen molar-refractivity contribution in [2.24, 2.45) is 17.8 Å². The van der Waals surface area contributed by atoms with Gasteiger partial charge in [-0.15, -0.1) is 6.58 Å². The number of allylic oxidation sites excluding steroid dienone is 1. The largest absolute Gasteiger partial charge is 0.490 e. The van der Waals surface area contributed by atoms with Gasteiger partial charge < -0.3 is 4.74 Å². The van der Waals surface area contributed by atoms with Crippen molar-refractivity contribution in [1.82, 2.24) is 0 Å². The summed E-state index contributed by atoms with van der Waals surface area (Å²) in [6, 6.07) is 15.7. The Kier molecular flexibility index (Phi) is 11.6. The van der Waals surface area contributed by atoms with Gasteiger partial charge in [-0.05, 0) is 116 Å². The van der Waals surface area contributed by atoms with Gasteiger partial charge in [0, 0.05) is 11.1 Å². The molecular weight excluding hydrogens is 553 g/mol. The van der Waals surface area contributed by atoms with E-state index in [2.05, 4.69) is 25.6 Å². The third-order valence-corrected chi connectivity index (χ3v) is 10.4. The van der Waals surface area contributed by atoms with Gasteiger partial charge >= 0.3 is 0 Å².